The minimum absolute atomic E-state index is 0.0388. The smallest absolute Gasteiger partial charge is 0.231 e. The third kappa shape index (κ3) is 3.89. The van der Waals surface area contributed by atoms with Crippen LogP contribution in [0.4, 0.5) is 5.69 Å². The van der Waals surface area contributed by atoms with Crippen molar-refractivity contribution < 1.29 is 4.79 Å². The Bertz CT molecular complexity index is 848. The van der Waals surface area contributed by atoms with Gasteiger partial charge in [0.05, 0.1) is 12.1 Å². The SMILES string of the molecule is Cc1ccc(NC(=O)Cc2nc(-c3ccc(C)cc3)c(C)s2)cc1. The van der Waals surface area contributed by atoms with Gasteiger partial charge in [0, 0.05) is 16.1 Å². The minimum atomic E-state index is -0.0388. The molecule has 3 nitrogen and oxygen atoms in total. The van der Waals surface area contributed by atoms with Gasteiger partial charge in [-0.2, -0.15) is 0 Å². The van der Waals surface area contributed by atoms with Crippen molar-refractivity contribution in [1.82, 2.24) is 4.98 Å². The second-order valence-electron chi connectivity index (χ2n) is 5.97. The van der Waals surface area contributed by atoms with E-state index in [4.69, 9.17) is 0 Å². The van der Waals surface area contributed by atoms with Gasteiger partial charge in [-0.1, -0.05) is 47.5 Å². The van der Waals surface area contributed by atoms with Crippen molar-refractivity contribution in [2.75, 3.05) is 5.32 Å². The fourth-order valence-electron chi connectivity index (χ4n) is 2.49. The monoisotopic (exact) mass is 336 g/mol. The lowest BCUT2D eigenvalue weighted by molar-refractivity contribution is -0.115. The van der Waals surface area contributed by atoms with Gasteiger partial charge >= 0.3 is 0 Å². The maximum absolute atomic E-state index is 12.2. The largest absolute Gasteiger partial charge is 0.326 e. The number of nitrogens with one attached hydrogen (secondary N) is 1. The molecule has 0 bridgehead atoms. The van der Waals surface area contributed by atoms with Crippen LogP contribution in [0.1, 0.15) is 21.0 Å². The summed E-state index contributed by atoms with van der Waals surface area (Å²) in [6.45, 7) is 6.14. The molecule has 0 aliphatic carbocycles. The molecular weight excluding hydrogens is 316 g/mol. The van der Waals surface area contributed by atoms with Crippen LogP contribution >= 0.6 is 11.3 Å². The van der Waals surface area contributed by atoms with E-state index in [0.717, 1.165) is 26.8 Å². The highest BCUT2D eigenvalue weighted by Crippen LogP contribution is 2.28. The summed E-state index contributed by atoms with van der Waals surface area (Å²) in [6, 6.07) is 16.1. The predicted molar refractivity (Wildman–Crippen MR) is 101 cm³/mol. The number of carbonyl (C=O) groups is 1. The van der Waals surface area contributed by atoms with Gasteiger partial charge in [-0.05, 0) is 32.9 Å². The Morgan fingerprint density at radius 3 is 2.17 bits per heavy atom. The summed E-state index contributed by atoms with van der Waals surface area (Å²) in [4.78, 5) is 18.0. The summed E-state index contributed by atoms with van der Waals surface area (Å²) in [5, 5.41) is 3.76. The topological polar surface area (TPSA) is 42.0 Å². The van der Waals surface area contributed by atoms with Crippen molar-refractivity contribution in [3.63, 3.8) is 0 Å². The summed E-state index contributed by atoms with van der Waals surface area (Å²) >= 11 is 1.58. The molecule has 1 N–H and O–H groups in total. The zero-order chi connectivity index (χ0) is 17.1. The van der Waals surface area contributed by atoms with E-state index in [9.17, 15) is 4.79 Å². The maximum atomic E-state index is 12.2. The normalized spacial score (nSPS) is 10.6. The average Bonchev–Trinajstić information content (AvgIpc) is 2.90. The molecule has 3 rings (SSSR count). The Labute approximate surface area is 146 Å². The molecule has 0 aliphatic rings. The van der Waals surface area contributed by atoms with Crippen LogP contribution in [0.5, 0.6) is 0 Å². The lowest BCUT2D eigenvalue weighted by atomic mass is 10.1. The van der Waals surface area contributed by atoms with E-state index in [1.54, 1.807) is 11.3 Å². The molecule has 2 aromatic carbocycles. The molecule has 1 heterocycles. The lowest BCUT2D eigenvalue weighted by Gasteiger charge is -2.04. The van der Waals surface area contributed by atoms with Gasteiger partial charge in [0.15, 0.2) is 0 Å². The molecule has 0 aliphatic heterocycles. The number of carbonyl (C=O) groups excluding carboxylic acids is 1. The van der Waals surface area contributed by atoms with Gasteiger partial charge in [0.1, 0.15) is 5.01 Å². The fraction of sp³-hybridized carbons (Fsp3) is 0.200. The molecule has 1 amide bonds. The Morgan fingerprint density at radius 1 is 0.958 bits per heavy atom. The Morgan fingerprint density at radius 2 is 1.54 bits per heavy atom. The molecule has 0 atom stereocenters. The molecule has 3 aromatic rings. The molecule has 0 fully saturated rings. The van der Waals surface area contributed by atoms with E-state index in [1.807, 2.05) is 38.1 Å². The van der Waals surface area contributed by atoms with E-state index >= 15 is 0 Å². The van der Waals surface area contributed by atoms with Crippen LogP contribution < -0.4 is 5.32 Å². The second kappa shape index (κ2) is 6.97. The highest BCUT2D eigenvalue weighted by Gasteiger charge is 2.13. The minimum Gasteiger partial charge on any atom is -0.326 e. The number of aryl methyl sites for hydroxylation is 3. The van der Waals surface area contributed by atoms with Crippen LogP contribution in [-0.4, -0.2) is 10.9 Å². The lowest BCUT2D eigenvalue weighted by Crippen LogP contribution is -2.14. The van der Waals surface area contributed by atoms with Crippen LogP contribution in [0.2, 0.25) is 0 Å². The summed E-state index contributed by atoms with van der Waals surface area (Å²) in [6.07, 6.45) is 0.297. The maximum Gasteiger partial charge on any atom is 0.231 e. The molecule has 0 radical (unpaired) electrons. The van der Waals surface area contributed by atoms with Crippen molar-refractivity contribution in [3.05, 3.63) is 69.5 Å². The van der Waals surface area contributed by atoms with Crippen LogP contribution in [0.25, 0.3) is 11.3 Å². The molecule has 0 saturated heterocycles. The molecule has 0 saturated carbocycles. The van der Waals surface area contributed by atoms with Crippen LogP contribution in [0.3, 0.4) is 0 Å². The van der Waals surface area contributed by atoms with Crippen LogP contribution in [0.15, 0.2) is 48.5 Å². The summed E-state index contributed by atoms with van der Waals surface area (Å²) in [5.74, 6) is -0.0388. The first kappa shape index (κ1) is 16.4. The van der Waals surface area contributed by atoms with Gasteiger partial charge in [0.25, 0.3) is 0 Å². The molecule has 0 unspecified atom stereocenters. The number of rotatable bonds is 4. The number of amides is 1. The molecule has 24 heavy (non-hydrogen) atoms. The third-order valence-electron chi connectivity index (χ3n) is 3.81. The van der Waals surface area contributed by atoms with E-state index in [1.165, 1.54) is 11.1 Å². The Hall–Kier alpha value is -2.46. The number of nitrogens with zero attached hydrogens (tertiary/aromatic N) is 1. The predicted octanol–water partition coefficient (Wildman–Crippen LogP) is 4.92. The molecular formula is C20H20N2OS. The van der Waals surface area contributed by atoms with E-state index in [0.29, 0.717) is 6.42 Å². The van der Waals surface area contributed by atoms with Crippen molar-refractivity contribution in [2.24, 2.45) is 0 Å². The van der Waals surface area contributed by atoms with Gasteiger partial charge in [-0.15, -0.1) is 11.3 Å². The third-order valence-corrected chi connectivity index (χ3v) is 4.78. The van der Waals surface area contributed by atoms with E-state index < -0.39 is 0 Å². The molecule has 122 valence electrons. The fourth-order valence-corrected chi connectivity index (χ4v) is 3.44. The van der Waals surface area contributed by atoms with E-state index in [2.05, 4.69) is 41.5 Å². The number of benzene rings is 2. The van der Waals surface area contributed by atoms with Gasteiger partial charge in [0.2, 0.25) is 5.91 Å². The van der Waals surface area contributed by atoms with Crippen LogP contribution in [-0.2, 0) is 11.2 Å². The summed E-state index contributed by atoms with van der Waals surface area (Å²) in [7, 11) is 0. The van der Waals surface area contributed by atoms with Gasteiger partial charge < -0.3 is 5.32 Å². The summed E-state index contributed by atoms with van der Waals surface area (Å²) in [5.41, 5.74) is 5.28. The van der Waals surface area contributed by atoms with Crippen molar-refractivity contribution in [3.8, 4) is 11.3 Å². The zero-order valence-electron chi connectivity index (χ0n) is 14.1. The first-order valence-corrected chi connectivity index (χ1v) is 8.73. The highest BCUT2D eigenvalue weighted by molar-refractivity contribution is 7.12. The average molecular weight is 336 g/mol. The first-order chi connectivity index (χ1) is 11.5. The number of anilines is 1. The quantitative estimate of drug-likeness (QED) is 0.735. The van der Waals surface area contributed by atoms with Crippen molar-refractivity contribution in [1.29, 1.82) is 0 Å². The standard InChI is InChI=1S/C20H20N2OS/c1-13-4-8-16(9-5-13)20-15(3)24-19(22-20)12-18(23)21-17-10-6-14(2)7-11-17/h4-11H,12H2,1-3H3,(H,21,23). The van der Waals surface area contributed by atoms with Crippen molar-refractivity contribution >= 4 is 22.9 Å². The van der Waals surface area contributed by atoms with Gasteiger partial charge in [-0.3, -0.25) is 4.79 Å². The number of thiazole rings is 1. The first-order valence-electron chi connectivity index (χ1n) is 7.91. The number of hydrogen-bond acceptors (Lipinski definition) is 3. The zero-order valence-corrected chi connectivity index (χ0v) is 14.9. The van der Waals surface area contributed by atoms with Gasteiger partial charge in [-0.25, -0.2) is 4.98 Å². The Kier molecular flexibility index (Phi) is 4.76. The Balaban J connectivity index is 1.71. The summed E-state index contributed by atoms with van der Waals surface area (Å²) < 4.78 is 0. The highest BCUT2D eigenvalue weighted by atomic mass is 32.1. The molecule has 4 heteroatoms. The van der Waals surface area contributed by atoms with E-state index in [-0.39, 0.29) is 5.91 Å². The van der Waals surface area contributed by atoms with Crippen LogP contribution in [0, 0.1) is 20.8 Å². The second-order valence-corrected chi connectivity index (χ2v) is 7.26. The number of aromatic nitrogens is 1. The molecule has 0 spiro atoms. The molecule has 1 aromatic heterocycles. The number of hydrogen-bond donors (Lipinski definition) is 1. The van der Waals surface area contributed by atoms with Crippen molar-refractivity contribution in [2.45, 2.75) is 27.2 Å².